The molecule has 2 heterocycles. The maximum Gasteiger partial charge on any atom is 0.246 e. The zero-order valence-corrected chi connectivity index (χ0v) is 11.3. The maximum absolute atomic E-state index is 11.9. The van der Waals surface area contributed by atoms with Crippen molar-refractivity contribution in [3.05, 3.63) is 16.4 Å². The number of imide groups is 1. The molecule has 7 heteroatoms. The van der Waals surface area contributed by atoms with Crippen LogP contribution in [0.15, 0.2) is 0 Å². The SMILES string of the molecule is Cc1nn(C)c(Cl)c1CN1C(=O)CNC(C)C1=O. The first kappa shape index (κ1) is 13.0. The number of aromatic nitrogens is 2. The maximum atomic E-state index is 11.9. The Bertz CT molecular complexity index is 511. The van der Waals surface area contributed by atoms with Crippen molar-refractivity contribution < 1.29 is 9.59 Å². The molecule has 1 atom stereocenters. The van der Waals surface area contributed by atoms with Crippen molar-refractivity contribution in [3.8, 4) is 0 Å². The molecule has 1 N–H and O–H groups in total. The van der Waals surface area contributed by atoms with Crippen LogP contribution < -0.4 is 5.32 Å². The second-order valence-corrected chi connectivity index (χ2v) is 4.76. The van der Waals surface area contributed by atoms with Crippen LogP contribution in [0.25, 0.3) is 0 Å². The molecular formula is C11H15ClN4O2. The van der Waals surface area contributed by atoms with Crippen LogP contribution in [0.4, 0.5) is 0 Å². The van der Waals surface area contributed by atoms with E-state index in [9.17, 15) is 9.59 Å². The highest BCUT2D eigenvalue weighted by Crippen LogP contribution is 2.21. The lowest BCUT2D eigenvalue weighted by molar-refractivity contribution is -0.149. The summed E-state index contributed by atoms with van der Waals surface area (Å²) in [5.41, 5.74) is 1.45. The molecule has 1 aromatic rings. The summed E-state index contributed by atoms with van der Waals surface area (Å²) in [6.45, 7) is 3.90. The lowest BCUT2D eigenvalue weighted by Gasteiger charge is -2.29. The first-order valence-electron chi connectivity index (χ1n) is 5.67. The number of hydrogen-bond donors (Lipinski definition) is 1. The molecule has 1 fully saturated rings. The quantitative estimate of drug-likeness (QED) is 0.781. The Morgan fingerprint density at radius 3 is 2.72 bits per heavy atom. The Morgan fingerprint density at radius 1 is 1.50 bits per heavy atom. The highest BCUT2D eigenvalue weighted by molar-refractivity contribution is 6.30. The first-order chi connectivity index (χ1) is 8.41. The molecule has 18 heavy (non-hydrogen) atoms. The summed E-state index contributed by atoms with van der Waals surface area (Å²) in [5.74, 6) is -0.469. The van der Waals surface area contributed by atoms with E-state index in [2.05, 4.69) is 10.4 Å². The monoisotopic (exact) mass is 270 g/mol. The molecule has 0 saturated carbocycles. The van der Waals surface area contributed by atoms with Gasteiger partial charge in [-0.25, -0.2) is 0 Å². The molecular weight excluding hydrogens is 256 g/mol. The van der Waals surface area contributed by atoms with Crippen molar-refractivity contribution >= 4 is 23.4 Å². The van der Waals surface area contributed by atoms with Gasteiger partial charge in [0.2, 0.25) is 11.8 Å². The van der Waals surface area contributed by atoms with Gasteiger partial charge >= 0.3 is 0 Å². The van der Waals surface area contributed by atoms with Crippen molar-refractivity contribution in [2.75, 3.05) is 6.54 Å². The fourth-order valence-corrected chi connectivity index (χ4v) is 2.19. The van der Waals surface area contributed by atoms with Crippen molar-refractivity contribution in [2.45, 2.75) is 26.4 Å². The molecule has 6 nitrogen and oxygen atoms in total. The van der Waals surface area contributed by atoms with Gasteiger partial charge in [-0.2, -0.15) is 5.10 Å². The summed E-state index contributed by atoms with van der Waals surface area (Å²) < 4.78 is 1.53. The standard InChI is InChI=1S/C11H15ClN4O2/c1-6-8(10(12)15(3)14-6)5-16-9(17)4-13-7(2)11(16)18/h7,13H,4-5H2,1-3H3. The topological polar surface area (TPSA) is 67.2 Å². The van der Waals surface area contributed by atoms with Crippen molar-refractivity contribution in [3.63, 3.8) is 0 Å². The molecule has 98 valence electrons. The summed E-state index contributed by atoms with van der Waals surface area (Å²) in [4.78, 5) is 24.9. The smallest absolute Gasteiger partial charge is 0.246 e. The number of piperazine rings is 1. The van der Waals surface area contributed by atoms with Gasteiger partial charge in [-0.1, -0.05) is 11.6 Å². The predicted molar refractivity (Wildman–Crippen MR) is 66.0 cm³/mol. The Balaban J connectivity index is 2.27. The van der Waals surface area contributed by atoms with Crippen LogP contribution in [0, 0.1) is 6.92 Å². The molecule has 0 bridgehead atoms. The average molecular weight is 271 g/mol. The van der Waals surface area contributed by atoms with Crippen LogP contribution in [-0.4, -0.2) is 39.1 Å². The third-order valence-electron chi connectivity index (χ3n) is 3.08. The van der Waals surface area contributed by atoms with Crippen molar-refractivity contribution in [1.82, 2.24) is 20.0 Å². The largest absolute Gasteiger partial charge is 0.298 e. The number of carbonyl (C=O) groups excluding carboxylic acids is 2. The van der Waals surface area contributed by atoms with E-state index in [-0.39, 0.29) is 30.9 Å². The van der Waals surface area contributed by atoms with Crippen LogP contribution in [-0.2, 0) is 23.2 Å². The van der Waals surface area contributed by atoms with E-state index in [4.69, 9.17) is 11.6 Å². The Morgan fingerprint density at radius 2 is 2.17 bits per heavy atom. The molecule has 0 aliphatic carbocycles. The third-order valence-corrected chi connectivity index (χ3v) is 3.56. The van der Waals surface area contributed by atoms with Crippen molar-refractivity contribution in [1.29, 1.82) is 0 Å². The number of halogens is 1. The van der Waals surface area contributed by atoms with Gasteiger partial charge in [-0.3, -0.25) is 24.5 Å². The highest BCUT2D eigenvalue weighted by atomic mass is 35.5. The molecule has 2 amide bonds. The van der Waals surface area contributed by atoms with Crippen LogP contribution in [0.2, 0.25) is 5.15 Å². The number of aryl methyl sites for hydroxylation is 2. The molecule has 0 radical (unpaired) electrons. The molecule has 1 aliphatic heterocycles. The predicted octanol–water partition coefficient (Wildman–Crippen LogP) is 0.229. The van der Waals surface area contributed by atoms with Gasteiger partial charge in [0.05, 0.1) is 24.8 Å². The molecule has 0 spiro atoms. The van der Waals surface area contributed by atoms with Gasteiger partial charge in [0.15, 0.2) is 0 Å². The fraction of sp³-hybridized carbons (Fsp3) is 0.545. The van der Waals surface area contributed by atoms with E-state index < -0.39 is 0 Å². The van der Waals surface area contributed by atoms with E-state index in [0.717, 1.165) is 11.3 Å². The number of hydrogen-bond acceptors (Lipinski definition) is 4. The Hall–Kier alpha value is -1.40. The molecule has 1 aromatic heterocycles. The van der Waals surface area contributed by atoms with Gasteiger partial charge < -0.3 is 0 Å². The molecule has 0 aromatic carbocycles. The average Bonchev–Trinajstić information content (AvgIpc) is 2.55. The zero-order chi connectivity index (χ0) is 13.4. The minimum atomic E-state index is -0.349. The summed E-state index contributed by atoms with van der Waals surface area (Å²) in [7, 11) is 1.73. The van der Waals surface area contributed by atoms with Crippen LogP contribution in [0.1, 0.15) is 18.2 Å². The van der Waals surface area contributed by atoms with Gasteiger partial charge in [0.1, 0.15) is 5.15 Å². The van der Waals surface area contributed by atoms with Gasteiger partial charge in [-0.15, -0.1) is 0 Å². The summed E-state index contributed by atoms with van der Waals surface area (Å²) in [6, 6.07) is -0.349. The Kier molecular flexibility index (Phi) is 3.41. The normalized spacial score (nSPS) is 20.7. The van der Waals surface area contributed by atoms with E-state index in [1.165, 1.54) is 9.58 Å². The minimum absolute atomic E-state index is 0.170. The third kappa shape index (κ3) is 2.13. The molecule has 1 aliphatic rings. The minimum Gasteiger partial charge on any atom is -0.298 e. The van der Waals surface area contributed by atoms with Crippen LogP contribution in [0.3, 0.4) is 0 Å². The number of carbonyl (C=O) groups is 2. The Labute approximate surface area is 110 Å². The summed E-state index contributed by atoms with van der Waals surface area (Å²) >= 11 is 6.10. The molecule has 1 saturated heterocycles. The number of amides is 2. The van der Waals surface area contributed by atoms with Crippen LogP contribution in [0.5, 0.6) is 0 Å². The second-order valence-electron chi connectivity index (χ2n) is 4.40. The summed E-state index contributed by atoms with van der Waals surface area (Å²) in [5, 5.41) is 7.46. The van der Waals surface area contributed by atoms with Crippen LogP contribution >= 0.6 is 11.6 Å². The van der Waals surface area contributed by atoms with E-state index in [1.54, 1.807) is 14.0 Å². The van der Waals surface area contributed by atoms with Gasteiger partial charge in [0.25, 0.3) is 0 Å². The first-order valence-corrected chi connectivity index (χ1v) is 6.05. The molecule has 2 rings (SSSR count). The number of nitrogens with zero attached hydrogens (tertiary/aromatic N) is 3. The van der Waals surface area contributed by atoms with Crippen molar-refractivity contribution in [2.24, 2.45) is 7.05 Å². The second kappa shape index (κ2) is 4.70. The van der Waals surface area contributed by atoms with Gasteiger partial charge in [0, 0.05) is 12.6 Å². The van der Waals surface area contributed by atoms with E-state index in [1.807, 2.05) is 6.92 Å². The lowest BCUT2D eigenvalue weighted by atomic mass is 10.1. The van der Waals surface area contributed by atoms with E-state index in [0.29, 0.717) is 5.15 Å². The van der Waals surface area contributed by atoms with Gasteiger partial charge in [-0.05, 0) is 13.8 Å². The zero-order valence-electron chi connectivity index (χ0n) is 10.5. The van der Waals surface area contributed by atoms with E-state index >= 15 is 0 Å². The fourth-order valence-electron chi connectivity index (χ4n) is 1.96. The number of rotatable bonds is 2. The highest BCUT2D eigenvalue weighted by Gasteiger charge is 2.32. The number of nitrogens with one attached hydrogen (secondary N) is 1. The summed E-state index contributed by atoms with van der Waals surface area (Å²) in [6.07, 6.45) is 0. The lowest BCUT2D eigenvalue weighted by Crippen LogP contribution is -2.56. The molecule has 1 unspecified atom stereocenters.